The lowest BCUT2D eigenvalue weighted by Crippen LogP contribution is -2.02. The molecule has 0 N–H and O–H groups in total. The Bertz CT molecular complexity index is 682. The molecule has 3 rings (SSSR count). The molecule has 0 amide bonds. The Balaban J connectivity index is 2.22. The van der Waals surface area contributed by atoms with Gasteiger partial charge in [0.25, 0.3) is 5.89 Å². The van der Waals surface area contributed by atoms with Gasteiger partial charge >= 0.3 is 0 Å². The van der Waals surface area contributed by atoms with Crippen LogP contribution in [0.2, 0.25) is 0 Å². The number of nitrogens with zero attached hydrogens (tertiary/aromatic N) is 4. The summed E-state index contributed by atoms with van der Waals surface area (Å²) in [6.07, 6.45) is 1.41. The standard InChI is InChI=1S/C13H14N4O/c1-8(2)17-12-5-4-10(13-14-7-15-18-13)6-11(12)9(3)16-17/h4-8H,1-3H3. The van der Waals surface area contributed by atoms with E-state index < -0.39 is 0 Å². The molecule has 2 aromatic heterocycles. The second-order valence-electron chi connectivity index (χ2n) is 4.60. The SMILES string of the molecule is Cc1nn(C(C)C)c2ccc(-c3ncno3)cc12. The van der Waals surface area contributed by atoms with Crippen molar-refractivity contribution in [3.63, 3.8) is 0 Å². The molecule has 5 heteroatoms. The van der Waals surface area contributed by atoms with Crippen LogP contribution in [0.15, 0.2) is 29.0 Å². The maximum Gasteiger partial charge on any atom is 0.257 e. The second kappa shape index (κ2) is 3.94. The molecule has 92 valence electrons. The topological polar surface area (TPSA) is 56.7 Å². The van der Waals surface area contributed by atoms with Crippen molar-refractivity contribution >= 4 is 10.9 Å². The fourth-order valence-corrected chi connectivity index (χ4v) is 2.12. The molecule has 0 unspecified atom stereocenters. The average molecular weight is 242 g/mol. The number of aromatic nitrogens is 4. The summed E-state index contributed by atoms with van der Waals surface area (Å²) in [6.45, 7) is 6.26. The van der Waals surface area contributed by atoms with Crippen LogP contribution < -0.4 is 0 Å². The summed E-state index contributed by atoms with van der Waals surface area (Å²) in [5.74, 6) is 0.536. The molecular weight excluding hydrogens is 228 g/mol. The van der Waals surface area contributed by atoms with Crippen molar-refractivity contribution in [2.45, 2.75) is 26.8 Å². The van der Waals surface area contributed by atoms with Crippen LogP contribution in [0.4, 0.5) is 0 Å². The largest absolute Gasteiger partial charge is 0.334 e. The van der Waals surface area contributed by atoms with Crippen LogP contribution in [0.1, 0.15) is 25.6 Å². The molecule has 0 aliphatic rings. The van der Waals surface area contributed by atoms with Crippen LogP contribution in [0, 0.1) is 6.92 Å². The van der Waals surface area contributed by atoms with Gasteiger partial charge in [-0.3, -0.25) is 4.68 Å². The van der Waals surface area contributed by atoms with E-state index in [0.717, 1.165) is 22.2 Å². The molecule has 5 nitrogen and oxygen atoms in total. The predicted octanol–water partition coefficient (Wildman–Crippen LogP) is 2.98. The van der Waals surface area contributed by atoms with Gasteiger partial charge in [-0.05, 0) is 39.0 Å². The average Bonchev–Trinajstić information content (AvgIpc) is 2.97. The number of hydrogen-bond acceptors (Lipinski definition) is 4. The second-order valence-corrected chi connectivity index (χ2v) is 4.60. The number of aryl methyl sites for hydroxylation is 1. The molecule has 0 atom stereocenters. The highest BCUT2D eigenvalue weighted by Gasteiger charge is 2.12. The van der Waals surface area contributed by atoms with E-state index in [2.05, 4.69) is 35.2 Å². The molecule has 0 radical (unpaired) electrons. The van der Waals surface area contributed by atoms with Crippen molar-refractivity contribution in [1.82, 2.24) is 19.9 Å². The van der Waals surface area contributed by atoms with Crippen LogP contribution in [0.25, 0.3) is 22.4 Å². The summed E-state index contributed by atoms with van der Waals surface area (Å²) in [5.41, 5.74) is 3.07. The third kappa shape index (κ3) is 1.59. The molecule has 0 aliphatic carbocycles. The lowest BCUT2D eigenvalue weighted by Gasteiger charge is -2.06. The molecule has 0 saturated heterocycles. The van der Waals surface area contributed by atoms with Crippen LogP contribution in [0.3, 0.4) is 0 Å². The third-order valence-corrected chi connectivity index (χ3v) is 2.99. The third-order valence-electron chi connectivity index (χ3n) is 2.99. The van der Waals surface area contributed by atoms with Crippen LogP contribution in [-0.2, 0) is 0 Å². The Morgan fingerprint density at radius 1 is 1.28 bits per heavy atom. The van der Waals surface area contributed by atoms with Gasteiger partial charge in [-0.15, -0.1) is 0 Å². The summed E-state index contributed by atoms with van der Waals surface area (Å²) in [6, 6.07) is 6.42. The number of hydrogen-bond donors (Lipinski definition) is 0. The minimum absolute atomic E-state index is 0.343. The van der Waals surface area contributed by atoms with Crippen molar-refractivity contribution in [3.05, 3.63) is 30.2 Å². The zero-order chi connectivity index (χ0) is 12.7. The van der Waals surface area contributed by atoms with Crippen molar-refractivity contribution in [1.29, 1.82) is 0 Å². The van der Waals surface area contributed by atoms with Gasteiger partial charge in [-0.1, -0.05) is 5.16 Å². The molecule has 18 heavy (non-hydrogen) atoms. The highest BCUT2D eigenvalue weighted by Crippen LogP contribution is 2.26. The number of fused-ring (bicyclic) bond motifs is 1. The van der Waals surface area contributed by atoms with Gasteiger partial charge in [0.05, 0.1) is 11.2 Å². The Kier molecular flexibility index (Phi) is 2.40. The highest BCUT2D eigenvalue weighted by molar-refractivity contribution is 5.85. The minimum Gasteiger partial charge on any atom is -0.334 e. The Hall–Kier alpha value is -2.17. The monoisotopic (exact) mass is 242 g/mol. The molecule has 0 spiro atoms. The van der Waals surface area contributed by atoms with E-state index in [-0.39, 0.29) is 0 Å². The van der Waals surface area contributed by atoms with E-state index in [1.54, 1.807) is 0 Å². The van der Waals surface area contributed by atoms with Crippen molar-refractivity contribution in [2.24, 2.45) is 0 Å². The van der Waals surface area contributed by atoms with Crippen molar-refractivity contribution < 1.29 is 4.52 Å². The molecule has 0 fully saturated rings. The van der Waals surface area contributed by atoms with Gasteiger partial charge in [0.1, 0.15) is 0 Å². The molecule has 2 heterocycles. The van der Waals surface area contributed by atoms with Gasteiger partial charge in [0.15, 0.2) is 6.33 Å². The first-order valence-electron chi connectivity index (χ1n) is 5.92. The smallest absolute Gasteiger partial charge is 0.257 e. The zero-order valence-corrected chi connectivity index (χ0v) is 10.6. The fourth-order valence-electron chi connectivity index (χ4n) is 2.12. The molecule has 3 aromatic rings. The maximum atomic E-state index is 5.07. The van der Waals surface area contributed by atoms with Gasteiger partial charge < -0.3 is 4.52 Å². The number of rotatable bonds is 2. The van der Waals surface area contributed by atoms with Gasteiger partial charge in [0.2, 0.25) is 0 Å². The highest BCUT2D eigenvalue weighted by atomic mass is 16.5. The Morgan fingerprint density at radius 2 is 2.11 bits per heavy atom. The van der Waals surface area contributed by atoms with E-state index in [4.69, 9.17) is 4.52 Å². The summed E-state index contributed by atoms with van der Waals surface area (Å²) < 4.78 is 7.10. The lowest BCUT2D eigenvalue weighted by atomic mass is 10.1. The van der Waals surface area contributed by atoms with Crippen LogP contribution >= 0.6 is 0 Å². The maximum absolute atomic E-state index is 5.07. The van der Waals surface area contributed by atoms with Crippen molar-refractivity contribution in [2.75, 3.05) is 0 Å². The predicted molar refractivity (Wildman–Crippen MR) is 68.1 cm³/mol. The van der Waals surface area contributed by atoms with E-state index in [1.165, 1.54) is 6.33 Å². The van der Waals surface area contributed by atoms with Crippen LogP contribution in [0.5, 0.6) is 0 Å². The zero-order valence-electron chi connectivity index (χ0n) is 10.6. The number of benzene rings is 1. The summed E-state index contributed by atoms with van der Waals surface area (Å²) in [7, 11) is 0. The quantitative estimate of drug-likeness (QED) is 0.693. The van der Waals surface area contributed by atoms with Crippen molar-refractivity contribution in [3.8, 4) is 11.5 Å². The fraction of sp³-hybridized carbons (Fsp3) is 0.308. The first-order chi connectivity index (χ1) is 8.66. The molecule has 1 aromatic carbocycles. The molecule has 0 bridgehead atoms. The minimum atomic E-state index is 0.343. The molecular formula is C13H14N4O. The van der Waals surface area contributed by atoms with Gasteiger partial charge in [-0.25, -0.2) is 0 Å². The lowest BCUT2D eigenvalue weighted by molar-refractivity contribution is 0.430. The first-order valence-corrected chi connectivity index (χ1v) is 5.92. The van der Waals surface area contributed by atoms with E-state index in [9.17, 15) is 0 Å². The summed E-state index contributed by atoms with van der Waals surface area (Å²) >= 11 is 0. The molecule has 0 aliphatic heterocycles. The van der Waals surface area contributed by atoms with Gasteiger partial charge in [-0.2, -0.15) is 10.1 Å². The summed E-state index contributed by atoms with van der Waals surface area (Å²) in [4.78, 5) is 4.06. The summed E-state index contributed by atoms with van der Waals surface area (Å²) in [5, 5.41) is 9.31. The van der Waals surface area contributed by atoms with E-state index >= 15 is 0 Å². The van der Waals surface area contributed by atoms with Gasteiger partial charge in [0, 0.05) is 17.0 Å². The van der Waals surface area contributed by atoms with Crippen LogP contribution in [-0.4, -0.2) is 19.9 Å². The van der Waals surface area contributed by atoms with E-state index in [1.807, 2.05) is 23.7 Å². The normalized spacial score (nSPS) is 11.6. The molecule has 0 saturated carbocycles. The van der Waals surface area contributed by atoms with E-state index in [0.29, 0.717) is 11.9 Å². The Morgan fingerprint density at radius 3 is 2.78 bits per heavy atom. The first kappa shape index (κ1) is 11.0. The Labute approximate surface area is 104 Å².